The Balaban J connectivity index is 1.45. The van der Waals surface area contributed by atoms with Crippen LogP contribution in [0.2, 0.25) is 0 Å². The molecule has 1 unspecified atom stereocenters. The second-order valence-electron chi connectivity index (χ2n) is 10.4. The highest BCUT2D eigenvalue weighted by molar-refractivity contribution is 5.85. The number of benzene rings is 3. The van der Waals surface area contributed by atoms with Crippen LogP contribution in [0, 0.1) is 23.5 Å². The Hall–Kier alpha value is -3.58. The number of hydrogen-bond donors (Lipinski definition) is 1. The van der Waals surface area contributed by atoms with E-state index in [0.29, 0.717) is 34.4 Å². The molecule has 190 valence electrons. The van der Waals surface area contributed by atoms with E-state index in [0.717, 1.165) is 44.5 Å². The fourth-order valence-electron chi connectivity index (χ4n) is 5.54. The molecule has 1 aliphatic carbocycles. The highest BCUT2D eigenvalue weighted by atomic mass is 19.1. The number of piperidine rings is 1. The quantitative estimate of drug-likeness (QED) is 0.361. The summed E-state index contributed by atoms with van der Waals surface area (Å²) in [4.78, 5) is 21.3. The normalized spacial score (nSPS) is 18.4. The fraction of sp³-hybridized carbons (Fsp3) is 0.333. The van der Waals surface area contributed by atoms with E-state index in [1.165, 1.54) is 25.0 Å². The second-order valence-corrected chi connectivity index (χ2v) is 10.4. The van der Waals surface area contributed by atoms with Gasteiger partial charge in [-0.2, -0.15) is 0 Å². The molecule has 1 aliphatic heterocycles. The molecular formula is C30H29F2N3O2. The van der Waals surface area contributed by atoms with Crippen LogP contribution in [0.5, 0.6) is 5.75 Å². The van der Waals surface area contributed by atoms with Crippen LogP contribution in [-0.4, -0.2) is 39.2 Å². The molecule has 1 aromatic heterocycles. The highest BCUT2D eigenvalue weighted by Crippen LogP contribution is 2.33. The smallest absolute Gasteiger partial charge is 0.261 e. The Morgan fingerprint density at radius 1 is 0.919 bits per heavy atom. The van der Waals surface area contributed by atoms with E-state index in [2.05, 4.69) is 4.90 Å². The van der Waals surface area contributed by atoms with Crippen molar-refractivity contribution in [2.75, 3.05) is 19.6 Å². The lowest BCUT2D eigenvalue weighted by atomic mass is 9.97. The molecule has 1 saturated carbocycles. The summed E-state index contributed by atoms with van der Waals surface area (Å²) in [6.45, 7) is 3.64. The van der Waals surface area contributed by atoms with Gasteiger partial charge in [0.1, 0.15) is 23.2 Å². The number of aromatic nitrogens is 2. The molecule has 1 atom stereocenters. The van der Waals surface area contributed by atoms with Gasteiger partial charge in [0.2, 0.25) is 0 Å². The summed E-state index contributed by atoms with van der Waals surface area (Å²) < 4.78 is 29.7. The van der Waals surface area contributed by atoms with E-state index in [4.69, 9.17) is 4.98 Å². The van der Waals surface area contributed by atoms with Gasteiger partial charge in [0.15, 0.2) is 0 Å². The molecule has 0 bridgehead atoms. The van der Waals surface area contributed by atoms with Gasteiger partial charge in [-0.3, -0.25) is 9.36 Å². The van der Waals surface area contributed by atoms with Crippen LogP contribution in [0.4, 0.5) is 8.78 Å². The van der Waals surface area contributed by atoms with E-state index in [9.17, 15) is 18.7 Å². The van der Waals surface area contributed by atoms with Crippen LogP contribution < -0.4 is 5.56 Å². The highest BCUT2D eigenvalue weighted by Gasteiger charge is 2.28. The lowest BCUT2D eigenvalue weighted by molar-refractivity contribution is 0.156. The maximum absolute atomic E-state index is 14.5. The molecule has 2 fully saturated rings. The summed E-state index contributed by atoms with van der Waals surface area (Å²) in [6, 6.07) is 15.3. The Morgan fingerprint density at radius 2 is 1.76 bits per heavy atom. The zero-order valence-corrected chi connectivity index (χ0v) is 20.5. The molecule has 2 aliphatic rings. The van der Waals surface area contributed by atoms with Crippen molar-refractivity contribution in [2.24, 2.45) is 11.8 Å². The number of nitrogens with zero attached hydrogens (tertiary/aromatic N) is 3. The topological polar surface area (TPSA) is 58.4 Å². The maximum Gasteiger partial charge on any atom is 0.261 e. The van der Waals surface area contributed by atoms with Crippen LogP contribution in [0.25, 0.3) is 33.4 Å². The summed E-state index contributed by atoms with van der Waals surface area (Å²) in [6.07, 6.45) is 4.73. The average Bonchev–Trinajstić information content (AvgIpc) is 3.70. The van der Waals surface area contributed by atoms with Crippen molar-refractivity contribution in [3.63, 3.8) is 0 Å². The maximum atomic E-state index is 14.5. The van der Waals surface area contributed by atoms with Gasteiger partial charge in [0, 0.05) is 31.3 Å². The molecule has 0 radical (unpaired) electrons. The van der Waals surface area contributed by atoms with Crippen LogP contribution in [0.3, 0.4) is 0 Å². The van der Waals surface area contributed by atoms with Crippen LogP contribution in [-0.2, 0) is 6.54 Å². The number of aromatic hydroxyl groups is 1. The molecule has 6 rings (SSSR count). The first-order chi connectivity index (χ1) is 18.0. The van der Waals surface area contributed by atoms with Crippen molar-refractivity contribution in [3.8, 4) is 28.3 Å². The first kappa shape index (κ1) is 23.8. The average molecular weight is 502 g/mol. The van der Waals surface area contributed by atoms with E-state index in [1.54, 1.807) is 41.0 Å². The molecule has 0 spiro atoms. The van der Waals surface area contributed by atoms with Gasteiger partial charge in [0.05, 0.1) is 16.5 Å². The van der Waals surface area contributed by atoms with Crippen molar-refractivity contribution < 1.29 is 13.9 Å². The molecule has 1 saturated heterocycles. The SMILES string of the molecule is O=c1c2cc(-c3ccc(F)cc3F)ccc2nc(-c2ccccc2O)n1CC1CCCN(CC2CC2)C1. The van der Waals surface area contributed by atoms with E-state index in [1.807, 2.05) is 6.07 Å². The van der Waals surface area contributed by atoms with Gasteiger partial charge in [-0.25, -0.2) is 13.8 Å². The molecule has 1 N–H and O–H groups in total. The first-order valence-electron chi connectivity index (χ1n) is 13.0. The third kappa shape index (κ3) is 4.88. The number of hydrogen-bond acceptors (Lipinski definition) is 4. The predicted octanol–water partition coefficient (Wildman–Crippen LogP) is 5.84. The number of phenolic OH excluding ortho intramolecular Hbond substituents is 1. The molecule has 37 heavy (non-hydrogen) atoms. The minimum Gasteiger partial charge on any atom is -0.507 e. The summed E-state index contributed by atoms with van der Waals surface area (Å²) in [5.74, 6) is 0.248. The minimum absolute atomic E-state index is 0.0616. The molecule has 0 amide bonds. The van der Waals surface area contributed by atoms with Crippen molar-refractivity contribution in [3.05, 3.63) is 82.7 Å². The number of fused-ring (bicyclic) bond motifs is 1. The standard InChI is InChI=1S/C30H29F2N3O2/c31-22-10-11-23(26(32)15-22)21-9-12-27-25(14-21)30(37)35(29(33-27)24-5-1-2-6-28(24)36)18-20-4-3-13-34(17-20)16-19-7-8-19/h1-2,5-6,9-12,14-15,19-20,36H,3-4,7-8,13,16-18H2. The van der Waals surface area contributed by atoms with Gasteiger partial charge < -0.3 is 10.0 Å². The molecule has 2 heterocycles. The third-order valence-electron chi connectivity index (χ3n) is 7.60. The summed E-state index contributed by atoms with van der Waals surface area (Å²) >= 11 is 0. The monoisotopic (exact) mass is 501 g/mol. The second kappa shape index (κ2) is 9.71. The number of para-hydroxylation sites is 1. The lowest BCUT2D eigenvalue weighted by Crippen LogP contribution is -2.39. The van der Waals surface area contributed by atoms with E-state index < -0.39 is 11.6 Å². The summed E-state index contributed by atoms with van der Waals surface area (Å²) in [5.41, 5.74) is 1.44. The predicted molar refractivity (Wildman–Crippen MR) is 140 cm³/mol. The first-order valence-corrected chi connectivity index (χ1v) is 13.0. The molecule has 3 aromatic carbocycles. The zero-order valence-electron chi connectivity index (χ0n) is 20.5. The van der Waals surface area contributed by atoms with Gasteiger partial charge in [-0.15, -0.1) is 0 Å². The number of halogens is 2. The largest absolute Gasteiger partial charge is 0.507 e. The van der Waals surface area contributed by atoms with Crippen LogP contribution >= 0.6 is 0 Å². The molecule has 4 aromatic rings. The molecular weight excluding hydrogens is 472 g/mol. The van der Waals surface area contributed by atoms with Gasteiger partial charge in [-0.05, 0) is 86.0 Å². The fourth-order valence-corrected chi connectivity index (χ4v) is 5.54. The lowest BCUT2D eigenvalue weighted by Gasteiger charge is -2.33. The van der Waals surface area contributed by atoms with Gasteiger partial charge in [0.25, 0.3) is 5.56 Å². The van der Waals surface area contributed by atoms with Crippen molar-refractivity contribution in [1.29, 1.82) is 0 Å². The summed E-state index contributed by atoms with van der Waals surface area (Å²) in [7, 11) is 0. The Bertz CT molecular complexity index is 1530. The Labute approximate surface area is 214 Å². The van der Waals surface area contributed by atoms with Gasteiger partial charge in [-0.1, -0.05) is 18.2 Å². The summed E-state index contributed by atoms with van der Waals surface area (Å²) in [5, 5.41) is 11.0. The number of phenols is 1. The van der Waals surface area contributed by atoms with Crippen LogP contribution in [0.15, 0.2) is 65.5 Å². The minimum atomic E-state index is -0.684. The number of likely N-dealkylation sites (tertiary alicyclic amines) is 1. The van der Waals surface area contributed by atoms with Gasteiger partial charge >= 0.3 is 0 Å². The van der Waals surface area contributed by atoms with Crippen LogP contribution in [0.1, 0.15) is 25.7 Å². The van der Waals surface area contributed by atoms with Crippen molar-refractivity contribution in [2.45, 2.75) is 32.2 Å². The Kier molecular flexibility index (Phi) is 6.24. The van der Waals surface area contributed by atoms with E-state index >= 15 is 0 Å². The molecule has 7 heteroatoms. The molecule has 5 nitrogen and oxygen atoms in total. The zero-order chi connectivity index (χ0) is 25.5. The Morgan fingerprint density at radius 3 is 2.54 bits per heavy atom. The van der Waals surface area contributed by atoms with E-state index in [-0.39, 0.29) is 22.8 Å². The number of rotatable bonds is 6. The van der Waals surface area contributed by atoms with Crippen molar-refractivity contribution in [1.82, 2.24) is 14.5 Å². The third-order valence-corrected chi connectivity index (χ3v) is 7.60. The van der Waals surface area contributed by atoms with Crippen molar-refractivity contribution >= 4 is 10.9 Å².